The predicted octanol–water partition coefficient (Wildman–Crippen LogP) is 3.17. The Morgan fingerprint density at radius 3 is 2.35 bits per heavy atom. The predicted molar refractivity (Wildman–Crippen MR) is 81.7 cm³/mol. The second kappa shape index (κ2) is 7.50. The largest absolute Gasteiger partial charge is 0.497 e. The summed E-state index contributed by atoms with van der Waals surface area (Å²) in [4.78, 5) is 0. The zero-order chi connectivity index (χ0) is 15.2. The molecule has 0 aliphatic rings. The summed E-state index contributed by atoms with van der Waals surface area (Å²) in [7, 11) is 7.06. The Hall–Kier alpha value is -1.26. The van der Waals surface area contributed by atoms with Crippen molar-refractivity contribution >= 4 is 0 Å². The molecule has 0 spiro atoms. The Bertz CT molecular complexity index is 418. The number of hydrogen-bond acceptors (Lipinski definition) is 4. The van der Waals surface area contributed by atoms with Gasteiger partial charge in [-0.3, -0.25) is 0 Å². The fraction of sp³-hybridized carbons (Fsp3) is 0.625. The van der Waals surface area contributed by atoms with Crippen molar-refractivity contribution in [2.45, 2.75) is 38.3 Å². The van der Waals surface area contributed by atoms with Crippen molar-refractivity contribution in [2.24, 2.45) is 0 Å². The molecule has 0 amide bonds. The van der Waals surface area contributed by atoms with E-state index in [4.69, 9.17) is 14.2 Å². The number of nitrogens with one attached hydrogen (secondary N) is 1. The van der Waals surface area contributed by atoms with Crippen LogP contribution in [0.2, 0.25) is 0 Å². The van der Waals surface area contributed by atoms with Gasteiger partial charge in [0.25, 0.3) is 0 Å². The average Bonchev–Trinajstić information content (AvgIpc) is 2.47. The van der Waals surface area contributed by atoms with Crippen molar-refractivity contribution in [2.75, 3.05) is 28.4 Å². The molecule has 20 heavy (non-hydrogen) atoms. The third kappa shape index (κ3) is 4.39. The van der Waals surface area contributed by atoms with Crippen molar-refractivity contribution in [1.82, 2.24) is 5.32 Å². The number of benzene rings is 1. The van der Waals surface area contributed by atoms with Gasteiger partial charge in [0.05, 0.1) is 19.8 Å². The number of methoxy groups -OCH3 is 3. The van der Waals surface area contributed by atoms with Crippen molar-refractivity contribution < 1.29 is 14.2 Å². The van der Waals surface area contributed by atoms with Crippen LogP contribution in [0.5, 0.6) is 11.5 Å². The molecule has 1 rings (SSSR count). The standard InChI is InChI=1S/C16H27NO3/c1-16(2,20-6)10-9-14(17-3)13-8-7-12(18-4)11-15(13)19-5/h7-8,11,14,17H,9-10H2,1-6H3. The minimum Gasteiger partial charge on any atom is -0.497 e. The molecule has 4 nitrogen and oxygen atoms in total. The molecule has 0 aliphatic carbocycles. The van der Waals surface area contributed by atoms with Gasteiger partial charge in [-0.05, 0) is 39.8 Å². The molecule has 0 saturated heterocycles. The molecule has 1 aromatic rings. The zero-order valence-electron chi connectivity index (χ0n) is 13.4. The van der Waals surface area contributed by atoms with Crippen molar-refractivity contribution in [1.29, 1.82) is 0 Å². The fourth-order valence-corrected chi connectivity index (χ4v) is 2.16. The molecule has 114 valence electrons. The molecule has 1 atom stereocenters. The van der Waals surface area contributed by atoms with Crippen molar-refractivity contribution in [3.8, 4) is 11.5 Å². The van der Waals surface area contributed by atoms with E-state index in [0.29, 0.717) is 0 Å². The molecule has 4 heteroatoms. The molecule has 0 aromatic heterocycles. The van der Waals surface area contributed by atoms with Gasteiger partial charge < -0.3 is 19.5 Å². The molecular formula is C16H27NO3. The van der Waals surface area contributed by atoms with Gasteiger partial charge in [-0.25, -0.2) is 0 Å². The smallest absolute Gasteiger partial charge is 0.127 e. The molecule has 1 unspecified atom stereocenters. The number of rotatable bonds is 8. The minimum absolute atomic E-state index is 0.116. The molecule has 0 bridgehead atoms. The number of hydrogen-bond donors (Lipinski definition) is 1. The quantitative estimate of drug-likeness (QED) is 0.794. The molecule has 0 saturated carbocycles. The van der Waals surface area contributed by atoms with Gasteiger partial charge in [-0.15, -0.1) is 0 Å². The Morgan fingerprint density at radius 2 is 1.85 bits per heavy atom. The lowest BCUT2D eigenvalue weighted by molar-refractivity contribution is 0.0118. The Balaban J connectivity index is 2.89. The zero-order valence-corrected chi connectivity index (χ0v) is 13.4. The Kier molecular flexibility index (Phi) is 6.30. The van der Waals surface area contributed by atoms with Crippen molar-refractivity contribution in [3.05, 3.63) is 23.8 Å². The SMILES string of the molecule is CNC(CCC(C)(C)OC)c1ccc(OC)cc1OC. The van der Waals surface area contributed by atoms with Crippen LogP contribution < -0.4 is 14.8 Å². The van der Waals surface area contributed by atoms with Crippen LogP contribution in [0.4, 0.5) is 0 Å². The van der Waals surface area contributed by atoms with Gasteiger partial charge in [-0.1, -0.05) is 6.07 Å². The molecule has 0 heterocycles. The van der Waals surface area contributed by atoms with E-state index in [1.165, 1.54) is 0 Å². The van der Waals surface area contributed by atoms with Crippen LogP contribution in [0.1, 0.15) is 38.3 Å². The van der Waals surface area contributed by atoms with E-state index < -0.39 is 0 Å². The topological polar surface area (TPSA) is 39.7 Å². The van der Waals surface area contributed by atoms with Crippen LogP contribution >= 0.6 is 0 Å². The lowest BCUT2D eigenvalue weighted by atomic mass is 9.94. The van der Waals surface area contributed by atoms with E-state index in [1.54, 1.807) is 21.3 Å². The van der Waals surface area contributed by atoms with Gasteiger partial charge >= 0.3 is 0 Å². The summed E-state index contributed by atoms with van der Waals surface area (Å²) < 4.78 is 16.2. The van der Waals surface area contributed by atoms with Crippen LogP contribution in [0, 0.1) is 0 Å². The van der Waals surface area contributed by atoms with E-state index in [9.17, 15) is 0 Å². The first-order valence-electron chi connectivity index (χ1n) is 6.91. The van der Waals surface area contributed by atoms with Crippen molar-refractivity contribution in [3.63, 3.8) is 0 Å². The van der Waals surface area contributed by atoms with E-state index in [0.717, 1.165) is 29.9 Å². The Morgan fingerprint density at radius 1 is 1.15 bits per heavy atom. The van der Waals surface area contributed by atoms with E-state index >= 15 is 0 Å². The van der Waals surface area contributed by atoms with Crippen LogP contribution in [-0.4, -0.2) is 34.0 Å². The minimum atomic E-state index is -0.116. The average molecular weight is 281 g/mol. The highest BCUT2D eigenvalue weighted by Crippen LogP contribution is 2.33. The lowest BCUT2D eigenvalue weighted by Gasteiger charge is -2.26. The second-order valence-corrected chi connectivity index (χ2v) is 5.45. The van der Waals surface area contributed by atoms with Crippen LogP contribution in [0.25, 0.3) is 0 Å². The van der Waals surface area contributed by atoms with Crippen LogP contribution in [0.15, 0.2) is 18.2 Å². The number of ether oxygens (including phenoxy) is 3. The summed E-state index contributed by atoms with van der Waals surface area (Å²) in [6.45, 7) is 4.20. The first-order valence-corrected chi connectivity index (χ1v) is 6.91. The van der Waals surface area contributed by atoms with Crippen LogP contribution in [-0.2, 0) is 4.74 Å². The molecule has 0 fully saturated rings. The second-order valence-electron chi connectivity index (χ2n) is 5.45. The third-order valence-corrected chi connectivity index (χ3v) is 3.75. The maximum absolute atomic E-state index is 5.48. The Labute approximate surface area is 122 Å². The highest BCUT2D eigenvalue weighted by atomic mass is 16.5. The monoisotopic (exact) mass is 281 g/mol. The normalized spacial score (nSPS) is 13.1. The molecule has 0 radical (unpaired) electrons. The summed E-state index contributed by atoms with van der Waals surface area (Å²) in [5, 5.41) is 3.35. The maximum Gasteiger partial charge on any atom is 0.127 e. The van der Waals surface area contributed by atoms with Gasteiger partial charge in [0, 0.05) is 24.8 Å². The van der Waals surface area contributed by atoms with E-state index in [1.807, 2.05) is 19.2 Å². The molecule has 1 N–H and O–H groups in total. The summed E-state index contributed by atoms with van der Waals surface area (Å²) in [6, 6.07) is 6.16. The van der Waals surface area contributed by atoms with E-state index in [-0.39, 0.29) is 11.6 Å². The fourth-order valence-electron chi connectivity index (χ4n) is 2.16. The van der Waals surface area contributed by atoms with Gasteiger partial charge in [0.2, 0.25) is 0 Å². The summed E-state index contributed by atoms with van der Waals surface area (Å²) in [6.07, 6.45) is 1.93. The maximum atomic E-state index is 5.48. The first kappa shape index (κ1) is 16.8. The van der Waals surface area contributed by atoms with Gasteiger partial charge in [-0.2, -0.15) is 0 Å². The molecular weight excluding hydrogens is 254 g/mol. The summed E-state index contributed by atoms with van der Waals surface area (Å²) >= 11 is 0. The van der Waals surface area contributed by atoms with Crippen LogP contribution in [0.3, 0.4) is 0 Å². The molecule has 1 aromatic carbocycles. The highest BCUT2D eigenvalue weighted by Gasteiger charge is 2.21. The lowest BCUT2D eigenvalue weighted by Crippen LogP contribution is -2.26. The molecule has 0 aliphatic heterocycles. The van der Waals surface area contributed by atoms with Gasteiger partial charge in [0.15, 0.2) is 0 Å². The summed E-state index contributed by atoms with van der Waals surface area (Å²) in [5.41, 5.74) is 1.03. The first-order chi connectivity index (χ1) is 9.47. The van der Waals surface area contributed by atoms with E-state index in [2.05, 4.69) is 25.2 Å². The highest BCUT2D eigenvalue weighted by molar-refractivity contribution is 5.42. The third-order valence-electron chi connectivity index (χ3n) is 3.75. The van der Waals surface area contributed by atoms with Gasteiger partial charge in [0.1, 0.15) is 11.5 Å². The summed E-state index contributed by atoms with van der Waals surface area (Å²) in [5.74, 6) is 1.65.